The normalized spacial score (nSPS) is 10.6. The van der Waals surface area contributed by atoms with Crippen LogP contribution in [0.2, 0.25) is 0 Å². The summed E-state index contributed by atoms with van der Waals surface area (Å²) < 4.78 is 5.15. The molecule has 0 unspecified atom stereocenters. The van der Waals surface area contributed by atoms with Crippen molar-refractivity contribution in [2.45, 2.75) is 0 Å². The summed E-state index contributed by atoms with van der Waals surface area (Å²) in [6, 6.07) is 14.9. The fraction of sp³-hybridized carbons (Fsp3) is 0.125. The summed E-state index contributed by atoms with van der Waals surface area (Å²) >= 11 is 0. The van der Waals surface area contributed by atoms with Crippen LogP contribution in [0.3, 0.4) is 0 Å². The number of benzene rings is 2. The summed E-state index contributed by atoms with van der Waals surface area (Å²) in [5.41, 5.74) is 2.63. The van der Waals surface area contributed by atoms with Crippen molar-refractivity contribution < 1.29 is 9.32 Å². The summed E-state index contributed by atoms with van der Waals surface area (Å²) in [5, 5.41) is 7.40. The third-order valence-corrected chi connectivity index (χ3v) is 3.21. The summed E-state index contributed by atoms with van der Waals surface area (Å²) in [6.45, 7) is 0. The van der Waals surface area contributed by atoms with Crippen molar-refractivity contribution in [3.8, 4) is 0 Å². The summed E-state index contributed by atoms with van der Waals surface area (Å²) in [7, 11) is 3.90. The van der Waals surface area contributed by atoms with E-state index in [4.69, 9.17) is 4.52 Å². The molecule has 1 amide bonds. The maximum Gasteiger partial charge on any atom is 0.278 e. The van der Waals surface area contributed by atoms with Gasteiger partial charge in [0.1, 0.15) is 0 Å². The second kappa shape index (κ2) is 5.28. The molecule has 1 N–H and O–H groups in total. The van der Waals surface area contributed by atoms with Gasteiger partial charge >= 0.3 is 0 Å². The summed E-state index contributed by atoms with van der Waals surface area (Å²) in [5.74, 6) is -0.282. The Kier molecular flexibility index (Phi) is 3.31. The number of para-hydroxylation sites is 1. The number of aromatic nitrogens is 1. The molecule has 21 heavy (non-hydrogen) atoms. The first kappa shape index (κ1) is 13.2. The Morgan fingerprint density at radius 3 is 2.76 bits per heavy atom. The zero-order valence-corrected chi connectivity index (χ0v) is 11.8. The lowest BCUT2D eigenvalue weighted by Crippen LogP contribution is -2.14. The number of nitrogens with zero attached hydrogens (tertiary/aromatic N) is 2. The van der Waals surface area contributed by atoms with Crippen LogP contribution in [0.25, 0.3) is 11.0 Å². The summed E-state index contributed by atoms with van der Waals surface area (Å²) in [4.78, 5) is 14.3. The quantitative estimate of drug-likeness (QED) is 0.801. The number of hydrogen-bond donors (Lipinski definition) is 1. The first-order valence-electron chi connectivity index (χ1n) is 6.58. The van der Waals surface area contributed by atoms with Crippen molar-refractivity contribution in [3.05, 3.63) is 54.2 Å². The van der Waals surface area contributed by atoms with E-state index in [1.165, 1.54) is 0 Å². The van der Waals surface area contributed by atoms with Gasteiger partial charge in [-0.2, -0.15) is 0 Å². The third-order valence-electron chi connectivity index (χ3n) is 3.21. The third kappa shape index (κ3) is 2.58. The molecule has 0 aliphatic heterocycles. The van der Waals surface area contributed by atoms with E-state index in [0.717, 1.165) is 11.4 Å². The number of fused-ring (bicyclic) bond motifs is 1. The molecule has 5 heteroatoms. The Bertz CT molecular complexity index is 793. The smallest absolute Gasteiger partial charge is 0.278 e. The molecular formula is C16H15N3O2. The molecular weight excluding hydrogens is 266 g/mol. The number of amides is 1. The highest BCUT2D eigenvalue weighted by atomic mass is 16.5. The standard InChI is InChI=1S/C16H15N3O2/c1-19(2)12-7-5-6-11(10-12)17-16(20)15-13-8-3-4-9-14(13)21-18-15/h3-10H,1-2H3,(H,17,20). The lowest BCUT2D eigenvalue weighted by molar-refractivity contribution is 0.102. The number of nitrogens with one attached hydrogen (secondary N) is 1. The fourth-order valence-electron chi connectivity index (χ4n) is 2.10. The number of hydrogen-bond acceptors (Lipinski definition) is 4. The zero-order chi connectivity index (χ0) is 14.8. The van der Waals surface area contributed by atoms with E-state index in [1.54, 1.807) is 6.07 Å². The summed E-state index contributed by atoms with van der Waals surface area (Å²) in [6.07, 6.45) is 0. The van der Waals surface area contributed by atoms with E-state index in [-0.39, 0.29) is 5.91 Å². The van der Waals surface area contributed by atoms with Gasteiger partial charge in [0.05, 0.1) is 5.39 Å². The van der Waals surface area contributed by atoms with Crippen molar-refractivity contribution in [2.24, 2.45) is 0 Å². The Morgan fingerprint density at radius 2 is 1.95 bits per heavy atom. The molecule has 1 heterocycles. The van der Waals surface area contributed by atoms with Crippen LogP contribution in [0.5, 0.6) is 0 Å². The fourth-order valence-corrected chi connectivity index (χ4v) is 2.10. The maximum atomic E-state index is 12.3. The highest BCUT2D eigenvalue weighted by Crippen LogP contribution is 2.21. The average Bonchev–Trinajstić information content (AvgIpc) is 2.91. The molecule has 1 aromatic heterocycles. The maximum absolute atomic E-state index is 12.3. The minimum absolute atomic E-state index is 0.282. The monoisotopic (exact) mass is 281 g/mol. The van der Waals surface area contributed by atoms with Crippen LogP contribution in [0, 0.1) is 0 Å². The SMILES string of the molecule is CN(C)c1cccc(NC(=O)c2noc3ccccc23)c1. The molecule has 3 rings (SSSR count). The van der Waals surface area contributed by atoms with Crippen molar-refractivity contribution in [2.75, 3.05) is 24.3 Å². The molecule has 0 atom stereocenters. The van der Waals surface area contributed by atoms with E-state index >= 15 is 0 Å². The minimum Gasteiger partial charge on any atom is -0.378 e. The number of carbonyl (C=O) groups is 1. The second-order valence-corrected chi connectivity index (χ2v) is 4.93. The topological polar surface area (TPSA) is 58.4 Å². The highest BCUT2D eigenvalue weighted by molar-refractivity contribution is 6.10. The van der Waals surface area contributed by atoms with E-state index in [0.29, 0.717) is 16.7 Å². The van der Waals surface area contributed by atoms with Gasteiger partial charge in [-0.1, -0.05) is 23.4 Å². The first-order valence-corrected chi connectivity index (χ1v) is 6.58. The van der Waals surface area contributed by atoms with Crippen molar-refractivity contribution in [3.63, 3.8) is 0 Å². The Balaban J connectivity index is 1.88. The van der Waals surface area contributed by atoms with Gasteiger partial charge in [-0.3, -0.25) is 4.79 Å². The molecule has 0 bridgehead atoms. The van der Waals surface area contributed by atoms with Gasteiger partial charge in [-0.15, -0.1) is 0 Å². The number of rotatable bonds is 3. The lowest BCUT2D eigenvalue weighted by Gasteiger charge is -2.13. The van der Waals surface area contributed by atoms with Crippen LogP contribution in [0.15, 0.2) is 53.1 Å². The van der Waals surface area contributed by atoms with Gasteiger partial charge in [-0.05, 0) is 30.3 Å². The van der Waals surface area contributed by atoms with Gasteiger partial charge in [-0.25, -0.2) is 0 Å². The van der Waals surface area contributed by atoms with Crippen LogP contribution >= 0.6 is 0 Å². The molecule has 0 saturated heterocycles. The van der Waals surface area contributed by atoms with Crippen LogP contribution < -0.4 is 10.2 Å². The molecule has 106 valence electrons. The highest BCUT2D eigenvalue weighted by Gasteiger charge is 2.15. The van der Waals surface area contributed by atoms with Gasteiger partial charge in [0.15, 0.2) is 11.3 Å². The molecule has 3 aromatic rings. The minimum atomic E-state index is -0.282. The molecule has 2 aromatic carbocycles. The predicted octanol–water partition coefficient (Wildman–Crippen LogP) is 3.15. The molecule has 0 radical (unpaired) electrons. The molecule has 0 saturated carbocycles. The average molecular weight is 281 g/mol. The van der Waals surface area contributed by atoms with Crippen molar-refractivity contribution >= 4 is 28.3 Å². The van der Waals surface area contributed by atoms with E-state index < -0.39 is 0 Å². The van der Waals surface area contributed by atoms with Crippen molar-refractivity contribution in [1.82, 2.24) is 5.16 Å². The Hall–Kier alpha value is -2.82. The molecule has 0 spiro atoms. The van der Waals surface area contributed by atoms with Gasteiger partial charge < -0.3 is 14.7 Å². The van der Waals surface area contributed by atoms with Crippen LogP contribution in [0.1, 0.15) is 10.5 Å². The molecule has 5 nitrogen and oxygen atoms in total. The van der Waals surface area contributed by atoms with Gasteiger partial charge in [0.2, 0.25) is 0 Å². The van der Waals surface area contributed by atoms with Crippen LogP contribution in [-0.4, -0.2) is 25.2 Å². The number of carbonyl (C=O) groups excluding carboxylic acids is 1. The Morgan fingerprint density at radius 1 is 1.14 bits per heavy atom. The van der Waals surface area contributed by atoms with Gasteiger partial charge in [0, 0.05) is 25.5 Å². The molecule has 0 aliphatic carbocycles. The van der Waals surface area contributed by atoms with Crippen molar-refractivity contribution in [1.29, 1.82) is 0 Å². The van der Waals surface area contributed by atoms with Gasteiger partial charge in [0.25, 0.3) is 5.91 Å². The number of anilines is 2. The van der Waals surface area contributed by atoms with Crippen LogP contribution in [0.4, 0.5) is 11.4 Å². The zero-order valence-electron chi connectivity index (χ0n) is 11.8. The van der Waals surface area contributed by atoms with E-state index in [2.05, 4.69) is 10.5 Å². The van der Waals surface area contributed by atoms with Crippen LogP contribution in [-0.2, 0) is 0 Å². The van der Waals surface area contributed by atoms with E-state index in [1.807, 2.05) is 61.5 Å². The first-order chi connectivity index (χ1) is 10.1. The lowest BCUT2D eigenvalue weighted by atomic mass is 10.2. The second-order valence-electron chi connectivity index (χ2n) is 4.93. The molecule has 0 aliphatic rings. The Labute approximate surface area is 122 Å². The largest absolute Gasteiger partial charge is 0.378 e. The molecule has 0 fully saturated rings. The predicted molar refractivity (Wildman–Crippen MR) is 82.7 cm³/mol. The van der Waals surface area contributed by atoms with E-state index in [9.17, 15) is 4.79 Å².